The molecule has 0 spiro atoms. The van der Waals surface area contributed by atoms with Crippen LogP contribution in [0.5, 0.6) is 0 Å². The van der Waals surface area contributed by atoms with Crippen LogP contribution in [0.3, 0.4) is 0 Å². The lowest BCUT2D eigenvalue weighted by atomic mass is 9.75. The lowest BCUT2D eigenvalue weighted by Crippen LogP contribution is -2.45. The number of carbonyl (C=O) groups is 1. The van der Waals surface area contributed by atoms with Gasteiger partial charge in [0.25, 0.3) is 0 Å². The minimum absolute atomic E-state index is 0.0816. The first-order valence-electron chi connectivity index (χ1n) is 12.7. The van der Waals surface area contributed by atoms with E-state index in [0.717, 1.165) is 29.8 Å². The predicted octanol–water partition coefficient (Wildman–Crippen LogP) is 6.66. The summed E-state index contributed by atoms with van der Waals surface area (Å²) in [5, 5.41) is 6.85. The molecule has 1 saturated carbocycles. The summed E-state index contributed by atoms with van der Waals surface area (Å²) in [5.74, 6) is 1.48. The Labute approximate surface area is 207 Å². The van der Waals surface area contributed by atoms with Gasteiger partial charge in [0.15, 0.2) is 6.04 Å². The van der Waals surface area contributed by atoms with E-state index in [4.69, 9.17) is 14.3 Å². The zero-order valence-corrected chi connectivity index (χ0v) is 20.7. The van der Waals surface area contributed by atoms with Gasteiger partial charge < -0.3 is 9.15 Å². The SMILES string of the molecule is CC(C)[C@H]1CC[C@H](C)C[C@@H]1OC(=O)[C@H]1[C@H](c2ccco2)C(c2ccccc2)=NN1c1ccccc1. The van der Waals surface area contributed by atoms with Crippen LogP contribution in [0, 0.1) is 17.8 Å². The number of rotatable bonds is 6. The Morgan fingerprint density at radius 1 is 1.00 bits per heavy atom. The number of esters is 1. The van der Waals surface area contributed by atoms with E-state index >= 15 is 0 Å². The number of anilines is 1. The summed E-state index contributed by atoms with van der Waals surface area (Å²) >= 11 is 0. The Balaban J connectivity index is 1.55. The summed E-state index contributed by atoms with van der Waals surface area (Å²) in [5.41, 5.74) is 2.63. The highest BCUT2D eigenvalue weighted by molar-refractivity contribution is 6.11. The third-order valence-corrected chi connectivity index (χ3v) is 7.50. The van der Waals surface area contributed by atoms with Gasteiger partial charge in [-0.1, -0.05) is 75.7 Å². The van der Waals surface area contributed by atoms with Crippen molar-refractivity contribution in [3.63, 3.8) is 0 Å². The molecule has 2 heterocycles. The molecular weight excluding hydrogens is 436 g/mol. The molecule has 0 amide bonds. The molecule has 2 aliphatic rings. The topological polar surface area (TPSA) is 55.0 Å². The van der Waals surface area contributed by atoms with Crippen LogP contribution in [0.25, 0.3) is 0 Å². The zero-order chi connectivity index (χ0) is 24.4. The molecule has 35 heavy (non-hydrogen) atoms. The van der Waals surface area contributed by atoms with Crippen LogP contribution in [0.1, 0.15) is 57.3 Å². The summed E-state index contributed by atoms with van der Waals surface area (Å²) in [6.45, 7) is 6.72. The highest BCUT2D eigenvalue weighted by Gasteiger charge is 2.48. The van der Waals surface area contributed by atoms with Crippen LogP contribution in [0.2, 0.25) is 0 Å². The minimum Gasteiger partial charge on any atom is -0.469 e. The van der Waals surface area contributed by atoms with E-state index in [-0.39, 0.29) is 18.0 Å². The number of hydrogen-bond acceptors (Lipinski definition) is 5. The Kier molecular flexibility index (Phi) is 6.76. The van der Waals surface area contributed by atoms with Crippen LogP contribution in [-0.2, 0) is 9.53 Å². The second kappa shape index (κ2) is 10.1. The van der Waals surface area contributed by atoms with Crippen molar-refractivity contribution in [2.45, 2.75) is 58.1 Å². The van der Waals surface area contributed by atoms with Gasteiger partial charge in [0.1, 0.15) is 11.9 Å². The molecule has 2 aromatic carbocycles. The summed E-state index contributed by atoms with van der Waals surface area (Å²) in [7, 11) is 0. The smallest absolute Gasteiger partial charge is 0.332 e. The Morgan fingerprint density at radius 2 is 1.71 bits per heavy atom. The number of furan rings is 1. The fraction of sp³-hybridized carbons (Fsp3) is 0.400. The van der Waals surface area contributed by atoms with Gasteiger partial charge in [-0.25, -0.2) is 9.80 Å². The highest BCUT2D eigenvalue weighted by Crippen LogP contribution is 2.40. The Bertz CT molecular complexity index is 1140. The minimum atomic E-state index is -0.649. The first-order chi connectivity index (χ1) is 17.0. The van der Waals surface area contributed by atoms with Crippen molar-refractivity contribution in [3.05, 3.63) is 90.4 Å². The van der Waals surface area contributed by atoms with E-state index < -0.39 is 6.04 Å². The van der Waals surface area contributed by atoms with Gasteiger partial charge in [0.05, 0.1) is 23.6 Å². The van der Waals surface area contributed by atoms with Crippen molar-refractivity contribution in [3.8, 4) is 0 Å². The van der Waals surface area contributed by atoms with Crippen molar-refractivity contribution in [2.24, 2.45) is 22.9 Å². The quantitative estimate of drug-likeness (QED) is 0.378. The molecule has 3 aromatic rings. The number of ether oxygens (including phenoxy) is 1. The van der Waals surface area contributed by atoms with Gasteiger partial charge in [-0.3, -0.25) is 0 Å². The third-order valence-electron chi connectivity index (χ3n) is 7.50. The molecule has 0 saturated heterocycles. The first kappa shape index (κ1) is 23.4. The third kappa shape index (κ3) is 4.77. The predicted molar refractivity (Wildman–Crippen MR) is 138 cm³/mol. The number of hydrazone groups is 1. The number of hydrogen-bond donors (Lipinski definition) is 0. The van der Waals surface area contributed by atoms with Gasteiger partial charge >= 0.3 is 5.97 Å². The van der Waals surface area contributed by atoms with E-state index in [9.17, 15) is 4.79 Å². The van der Waals surface area contributed by atoms with Gasteiger partial charge in [0, 0.05) is 0 Å². The van der Waals surface area contributed by atoms with E-state index in [1.54, 1.807) is 6.26 Å². The van der Waals surface area contributed by atoms with Crippen LogP contribution < -0.4 is 5.01 Å². The maximum Gasteiger partial charge on any atom is 0.332 e. The first-order valence-corrected chi connectivity index (χ1v) is 12.7. The molecule has 5 atom stereocenters. The average Bonchev–Trinajstić information content (AvgIpc) is 3.53. The van der Waals surface area contributed by atoms with E-state index in [1.165, 1.54) is 6.42 Å². The molecular formula is C30H34N2O3. The average molecular weight is 471 g/mol. The van der Waals surface area contributed by atoms with Crippen LogP contribution in [-0.4, -0.2) is 23.8 Å². The summed E-state index contributed by atoms with van der Waals surface area (Å²) in [6, 6.07) is 23.0. The maximum atomic E-state index is 14.1. The van der Waals surface area contributed by atoms with E-state index in [0.29, 0.717) is 23.5 Å². The Morgan fingerprint density at radius 3 is 2.37 bits per heavy atom. The number of para-hydroxylation sites is 1. The van der Waals surface area contributed by atoms with E-state index in [2.05, 4.69) is 20.8 Å². The molecule has 1 aliphatic carbocycles. The van der Waals surface area contributed by atoms with Gasteiger partial charge in [-0.15, -0.1) is 0 Å². The molecule has 1 aliphatic heterocycles. The highest BCUT2D eigenvalue weighted by atomic mass is 16.5. The standard InChI is InChI=1S/C30H34N2O3/c1-20(2)24-17-16-21(3)19-26(24)35-30(33)29-27(25-15-10-18-34-25)28(22-11-6-4-7-12-22)31-32(29)23-13-8-5-9-14-23/h4-15,18,20-21,24,26-27,29H,16-17,19H2,1-3H3/t21-,24+,26-,27+,29+/m0/s1. The lowest BCUT2D eigenvalue weighted by molar-refractivity contribution is -0.157. The molecule has 0 radical (unpaired) electrons. The Hall–Kier alpha value is -3.34. The molecule has 5 nitrogen and oxygen atoms in total. The molecule has 1 aromatic heterocycles. The summed E-state index contributed by atoms with van der Waals surface area (Å²) < 4.78 is 12.3. The van der Waals surface area contributed by atoms with Gasteiger partial charge in [0.2, 0.25) is 0 Å². The molecule has 5 rings (SSSR count). The van der Waals surface area contributed by atoms with Crippen molar-refractivity contribution < 1.29 is 13.9 Å². The van der Waals surface area contributed by atoms with Crippen LogP contribution in [0.4, 0.5) is 5.69 Å². The summed E-state index contributed by atoms with van der Waals surface area (Å²) in [6.07, 6.45) is 4.76. The normalized spacial score (nSPS) is 26.6. The van der Waals surface area contributed by atoms with Crippen molar-refractivity contribution >= 4 is 17.4 Å². The molecule has 0 N–H and O–H groups in total. The molecule has 0 bridgehead atoms. The number of nitrogens with zero attached hydrogens (tertiary/aromatic N) is 2. The van der Waals surface area contributed by atoms with Crippen LogP contribution >= 0.6 is 0 Å². The fourth-order valence-electron chi connectivity index (χ4n) is 5.64. The maximum absolute atomic E-state index is 14.1. The second-order valence-electron chi connectivity index (χ2n) is 10.3. The van der Waals surface area contributed by atoms with Gasteiger partial charge in [-0.2, -0.15) is 5.10 Å². The monoisotopic (exact) mass is 470 g/mol. The molecule has 1 fully saturated rings. The van der Waals surface area contributed by atoms with Crippen molar-refractivity contribution in [1.82, 2.24) is 0 Å². The largest absolute Gasteiger partial charge is 0.469 e. The fourth-order valence-corrected chi connectivity index (χ4v) is 5.64. The molecule has 0 unspecified atom stereocenters. The molecule has 5 heteroatoms. The number of benzene rings is 2. The van der Waals surface area contributed by atoms with Crippen molar-refractivity contribution in [1.29, 1.82) is 0 Å². The molecule has 182 valence electrons. The lowest BCUT2D eigenvalue weighted by Gasteiger charge is -2.38. The van der Waals surface area contributed by atoms with Gasteiger partial charge in [-0.05, 0) is 60.4 Å². The van der Waals surface area contributed by atoms with Crippen LogP contribution in [0.15, 0.2) is 88.6 Å². The summed E-state index contributed by atoms with van der Waals surface area (Å²) in [4.78, 5) is 14.1. The van der Waals surface area contributed by atoms with Crippen molar-refractivity contribution in [2.75, 3.05) is 5.01 Å². The van der Waals surface area contributed by atoms with E-state index in [1.807, 2.05) is 77.8 Å². The number of carbonyl (C=O) groups excluding carboxylic acids is 1. The zero-order valence-electron chi connectivity index (χ0n) is 20.7. The second-order valence-corrected chi connectivity index (χ2v) is 10.3.